The van der Waals surface area contributed by atoms with Crippen molar-refractivity contribution in [2.45, 2.75) is 52.6 Å². The van der Waals surface area contributed by atoms with Crippen molar-refractivity contribution in [2.24, 2.45) is 0 Å². The molecule has 1 atom stereocenters. The van der Waals surface area contributed by atoms with Crippen LogP contribution >= 0.6 is 0 Å². The third-order valence-corrected chi connectivity index (χ3v) is 3.63. The molecule has 0 fully saturated rings. The normalized spacial score (nSPS) is 12.9. The van der Waals surface area contributed by atoms with Gasteiger partial charge in [-0.05, 0) is 44.0 Å². The summed E-state index contributed by atoms with van der Waals surface area (Å²) in [5.74, 6) is 0. The van der Waals surface area contributed by atoms with Crippen LogP contribution in [0.25, 0.3) is 0 Å². The van der Waals surface area contributed by atoms with E-state index in [2.05, 4.69) is 31.7 Å². The molecule has 2 nitrogen and oxygen atoms in total. The number of unbranched alkanes of at least 4 members (excludes halogenated alkanes) is 2. The first-order valence-corrected chi connectivity index (χ1v) is 7.65. The number of hydrogen-bond donors (Lipinski definition) is 1. The molecule has 0 aliphatic heterocycles. The Labute approximate surface area is 118 Å². The van der Waals surface area contributed by atoms with Crippen LogP contribution in [0.1, 0.15) is 56.8 Å². The van der Waals surface area contributed by atoms with Gasteiger partial charge in [-0.2, -0.15) is 0 Å². The number of rotatable bonds is 9. The molecule has 1 aromatic carbocycles. The first kappa shape index (κ1) is 16.2. The molecule has 0 radical (unpaired) electrons. The van der Waals surface area contributed by atoms with Gasteiger partial charge in [-0.25, -0.2) is 0 Å². The van der Waals surface area contributed by atoms with Gasteiger partial charge in [0.1, 0.15) is 0 Å². The molecule has 0 aliphatic rings. The van der Waals surface area contributed by atoms with Crippen LogP contribution < -0.4 is 0 Å². The van der Waals surface area contributed by atoms with E-state index in [0.29, 0.717) is 0 Å². The van der Waals surface area contributed by atoms with Crippen LogP contribution in [0.5, 0.6) is 0 Å². The summed E-state index contributed by atoms with van der Waals surface area (Å²) < 4.78 is 0. The Balaban J connectivity index is 2.59. The van der Waals surface area contributed by atoms with Gasteiger partial charge in [0.25, 0.3) is 0 Å². The van der Waals surface area contributed by atoms with Gasteiger partial charge in [0.05, 0.1) is 6.10 Å². The highest BCUT2D eigenvalue weighted by molar-refractivity contribution is 5.27. The molecule has 1 N–H and O–H groups in total. The predicted molar refractivity (Wildman–Crippen MR) is 82.4 cm³/mol. The Morgan fingerprint density at radius 1 is 1.05 bits per heavy atom. The topological polar surface area (TPSA) is 23.5 Å². The molecule has 108 valence electrons. The lowest BCUT2D eigenvalue weighted by Gasteiger charge is -2.25. The number of aliphatic hydroxyl groups excluding tert-OH is 1. The number of hydrogen-bond acceptors (Lipinski definition) is 2. The first-order valence-electron chi connectivity index (χ1n) is 7.65. The van der Waals surface area contributed by atoms with E-state index < -0.39 is 0 Å². The summed E-state index contributed by atoms with van der Waals surface area (Å²) in [6.45, 7) is 9.45. The first-order chi connectivity index (χ1) is 9.19. The molecule has 0 spiro atoms. The summed E-state index contributed by atoms with van der Waals surface area (Å²) in [4.78, 5) is 2.41. The van der Waals surface area contributed by atoms with Crippen molar-refractivity contribution in [1.29, 1.82) is 0 Å². The van der Waals surface area contributed by atoms with Gasteiger partial charge in [-0.15, -0.1) is 0 Å². The second-order valence-corrected chi connectivity index (χ2v) is 5.38. The molecular formula is C17H29NO. The minimum atomic E-state index is -0.366. The van der Waals surface area contributed by atoms with Crippen LogP contribution in [0, 0.1) is 6.92 Å². The van der Waals surface area contributed by atoms with E-state index >= 15 is 0 Å². The van der Waals surface area contributed by atoms with Crippen LogP contribution in [-0.2, 0) is 0 Å². The molecule has 0 saturated heterocycles. The standard InChI is InChI=1S/C17H29NO/c1-4-6-12-18(13-7-5-2)14-17(19)16-11-9-8-10-15(16)3/h8-11,17,19H,4-7,12-14H2,1-3H3. The molecule has 1 aromatic rings. The zero-order valence-corrected chi connectivity index (χ0v) is 12.7. The molecule has 1 rings (SSSR count). The fourth-order valence-corrected chi connectivity index (χ4v) is 2.36. The van der Waals surface area contributed by atoms with Gasteiger partial charge in [0.2, 0.25) is 0 Å². The van der Waals surface area contributed by atoms with E-state index in [1.165, 1.54) is 31.2 Å². The van der Waals surface area contributed by atoms with E-state index in [1.54, 1.807) is 0 Å². The summed E-state index contributed by atoms with van der Waals surface area (Å²) in [7, 11) is 0. The molecule has 1 unspecified atom stereocenters. The van der Waals surface area contributed by atoms with Crippen molar-refractivity contribution in [3.05, 3.63) is 35.4 Å². The molecule has 0 amide bonds. The highest BCUT2D eigenvalue weighted by Gasteiger charge is 2.14. The SMILES string of the molecule is CCCCN(CCCC)CC(O)c1ccccc1C. The third-order valence-electron chi connectivity index (χ3n) is 3.63. The second-order valence-electron chi connectivity index (χ2n) is 5.38. The van der Waals surface area contributed by atoms with E-state index in [4.69, 9.17) is 0 Å². The fourth-order valence-electron chi connectivity index (χ4n) is 2.36. The average Bonchev–Trinajstić information content (AvgIpc) is 2.42. The van der Waals surface area contributed by atoms with Crippen molar-refractivity contribution >= 4 is 0 Å². The average molecular weight is 263 g/mol. The molecule has 2 heteroatoms. The van der Waals surface area contributed by atoms with E-state index in [0.717, 1.165) is 25.2 Å². The highest BCUT2D eigenvalue weighted by atomic mass is 16.3. The minimum absolute atomic E-state index is 0.366. The summed E-state index contributed by atoms with van der Waals surface area (Å²) in [6.07, 6.45) is 4.48. The van der Waals surface area contributed by atoms with E-state index in [-0.39, 0.29) is 6.10 Å². The van der Waals surface area contributed by atoms with Gasteiger partial charge in [-0.3, -0.25) is 0 Å². The van der Waals surface area contributed by atoms with E-state index in [1.807, 2.05) is 18.2 Å². The Morgan fingerprint density at radius 3 is 2.16 bits per heavy atom. The summed E-state index contributed by atoms with van der Waals surface area (Å²) in [5.41, 5.74) is 2.25. The lowest BCUT2D eigenvalue weighted by atomic mass is 10.0. The maximum Gasteiger partial charge on any atom is 0.0919 e. The zero-order valence-electron chi connectivity index (χ0n) is 12.7. The number of aliphatic hydroxyl groups is 1. The van der Waals surface area contributed by atoms with Crippen molar-refractivity contribution in [2.75, 3.05) is 19.6 Å². The van der Waals surface area contributed by atoms with Crippen molar-refractivity contribution in [1.82, 2.24) is 4.90 Å². The summed E-state index contributed by atoms with van der Waals surface area (Å²) in [5, 5.41) is 10.4. The van der Waals surface area contributed by atoms with Crippen LogP contribution in [0.2, 0.25) is 0 Å². The highest BCUT2D eigenvalue weighted by Crippen LogP contribution is 2.18. The van der Waals surface area contributed by atoms with Gasteiger partial charge in [0, 0.05) is 6.54 Å². The molecule has 19 heavy (non-hydrogen) atoms. The lowest BCUT2D eigenvalue weighted by Crippen LogP contribution is -2.31. The van der Waals surface area contributed by atoms with Crippen molar-refractivity contribution in [3.8, 4) is 0 Å². The van der Waals surface area contributed by atoms with Crippen molar-refractivity contribution < 1.29 is 5.11 Å². The summed E-state index contributed by atoms with van der Waals surface area (Å²) >= 11 is 0. The van der Waals surface area contributed by atoms with Gasteiger partial charge in [0.15, 0.2) is 0 Å². The van der Waals surface area contributed by atoms with Crippen LogP contribution in [0.3, 0.4) is 0 Å². The Morgan fingerprint density at radius 2 is 1.63 bits per heavy atom. The third kappa shape index (κ3) is 5.75. The number of aryl methyl sites for hydroxylation is 1. The molecule has 0 saturated carbocycles. The molecule has 0 aliphatic carbocycles. The lowest BCUT2D eigenvalue weighted by molar-refractivity contribution is 0.110. The van der Waals surface area contributed by atoms with Gasteiger partial charge >= 0.3 is 0 Å². The monoisotopic (exact) mass is 263 g/mol. The fraction of sp³-hybridized carbons (Fsp3) is 0.647. The molecular weight excluding hydrogens is 234 g/mol. The Hall–Kier alpha value is -0.860. The maximum absolute atomic E-state index is 10.4. The number of nitrogens with zero attached hydrogens (tertiary/aromatic N) is 1. The zero-order chi connectivity index (χ0) is 14.1. The summed E-state index contributed by atoms with van der Waals surface area (Å²) in [6, 6.07) is 8.14. The number of benzene rings is 1. The van der Waals surface area contributed by atoms with Crippen LogP contribution in [-0.4, -0.2) is 29.6 Å². The molecule has 0 aromatic heterocycles. The predicted octanol–water partition coefficient (Wildman–Crippen LogP) is 3.93. The van der Waals surface area contributed by atoms with Crippen molar-refractivity contribution in [3.63, 3.8) is 0 Å². The largest absolute Gasteiger partial charge is 0.387 e. The molecule has 0 bridgehead atoms. The minimum Gasteiger partial charge on any atom is -0.387 e. The van der Waals surface area contributed by atoms with Crippen LogP contribution in [0.4, 0.5) is 0 Å². The second kappa shape index (κ2) is 9.11. The van der Waals surface area contributed by atoms with Gasteiger partial charge < -0.3 is 10.0 Å². The maximum atomic E-state index is 10.4. The smallest absolute Gasteiger partial charge is 0.0919 e. The Bertz CT molecular complexity index is 343. The van der Waals surface area contributed by atoms with Gasteiger partial charge in [-0.1, -0.05) is 51.0 Å². The van der Waals surface area contributed by atoms with Crippen LogP contribution in [0.15, 0.2) is 24.3 Å². The van der Waals surface area contributed by atoms with E-state index in [9.17, 15) is 5.11 Å². The quantitative estimate of drug-likeness (QED) is 0.729. The Kier molecular flexibility index (Phi) is 7.76. The molecule has 0 heterocycles.